The molecule has 1 saturated carbocycles. The van der Waals surface area contributed by atoms with Crippen molar-refractivity contribution in [2.24, 2.45) is 5.92 Å². The number of nitrogens with one attached hydrogen (secondary N) is 1. The van der Waals surface area contributed by atoms with Gasteiger partial charge >= 0.3 is 12.4 Å². The molecule has 3 rings (SSSR count). The van der Waals surface area contributed by atoms with E-state index in [2.05, 4.69) is 10.3 Å². The molecule has 1 amide bonds. The lowest BCUT2D eigenvalue weighted by molar-refractivity contribution is -0.377. The quantitative estimate of drug-likeness (QED) is 0.547. The van der Waals surface area contributed by atoms with E-state index in [9.17, 15) is 49.1 Å². The predicted octanol–water partition coefficient (Wildman–Crippen LogP) is 3.90. The smallest absolute Gasteiger partial charge is 0.369 e. The van der Waals surface area contributed by atoms with Gasteiger partial charge in [0.2, 0.25) is 5.91 Å². The van der Waals surface area contributed by atoms with Crippen LogP contribution in [0, 0.1) is 11.7 Å². The van der Waals surface area contributed by atoms with Crippen molar-refractivity contribution in [1.82, 2.24) is 4.98 Å². The molecule has 2 aromatic rings. The highest BCUT2D eigenvalue weighted by Gasteiger charge is 2.72. The third-order valence-electron chi connectivity index (χ3n) is 5.11. The second-order valence-corrected chi connectivity index (χ2v) is 9.87. The third-order valence-corrected chi connectivity index (χ3v) is 6.98. The Kier molecular flexibility index (Phi) is 6.70. The van der Waals surface area contributed by atoms with Gasteiger partial charge in [-0.2, -0.15) is 26.3 Å². The molecule has 186 valence electrons. The molecular weight excluding hydrogens is 497 g/mol. The Morgan fingerprint density at radius 2 is 1.68 bits per heavy atom. The first-order valence-corrected chi connectivity index (χ1v) is 11.3. The number of rotatable bonds is 7. The molecule has 0 saturated heterocycles. The Morgan fingerprint density at radius 1 is 1.06 bits per heavy atom. The van der Waals surface area contributed by atoms with Crippen LogP contribution in [0.1, 0.15) is 24.1 Å². The second kappa shape index (κ2) is 8.80. The van der Waals surface area contributed by atoms with Crippen molar-refractivity contribution in [2.45, 2.75) is 42.1 Å². The minimum absolute atomic E-state index is 0.00608. The molecule has 1 heterocycles. The molecule has 6 nitrogen and oxygen atoms in total. The second-order valence-electron chi connectivity index (χ2n) is 7.84. The number of anilines is 1. The fraction of sp³-hybridized carbons (Fsp3) is 0.400. The van der Waals surface area contributed by atoms with E-state index >= 15 is 0 Å². The van der Waals surface area contributed by atoms with E-state index in [0.29, 0.717) is 6.07 Å². The molecule has 1 fully saturated rings. The minimum Gasteiger partial charge on any atom is -0.369 e. The fourth-order valence-corrected chi connectivity index (χ4v) is 4.75. The number of pyridine rings is 1. The highest BCUT2D eigenvalue weighted by atomic mass is 32.2. The summed E-state index contributed by atoms with van der Waals surface area (Å²) in [4.78, 5) is 16.0. The van der Waals surface area contributed by atoms with Crippen LogP contribution in [0.25, 0.3) is 0 Å². The highest BCUT2D eigenvalue weighted by molar-refractivity contribution is 7.91. The number of aromatic nitrogens is 1. The molecule has 1 aliphatic carbocycles. The number of hydrogen-bond acceptors (Lipinski definition) is 5. The monoisotopic (exact) mass is 514 g/mol. The van der Waals surface area contributed by atoms with Crippen LogP contribution in [0.15, 0.2) is 41.4 Å². The van der Waals surface area contributed by atoms with Crippen molar-refractivity contribution in [3.63, 3.8) is 0 Å². The van der Waals surface area contributed by atoms with Gasteiger partial charge in [0.25, 0.3) is 5.60 Å². The lowest BCUT2D eigenvalue weighted by Gasteiger charge is -2.32. The van der Waals surface area contributed by atoms with Crippen molar-refractivity contribution >= 4 is 21.4 Å². The summed E-state index contributed by atoms with van der Waals surface area (Å²) >= 11 is 0. The summed E-state index contributed by atoms with van der Waals surface area (Å²) < 4.78 is 116. The molecule has 2 N–H and O–H groups in total. The van der Waals surface area contributed by atoms with Gasteiger partial charge in [0.05, 0.1) is 17.1 Å². The summed E-state index contributed by atoms with van der Waals surface area (Å²) in [7, 11) is -3.52. The van der Waals surface area contributed by atoms with Crippen molar-refractivity contribution in [3.05, 3.63) is 53.6 Å². The summed E-state index contributed by atoms with van der Waals surface area (Å²) in [6.07, 6.45) is -10.2. The van der Waals surface area contributed by atoms with Crippen LogP contribution in [0.2, 0.25) is 0 Å². The largest absolute Gasteiger partial charge is 0.430 e. The topological polar surface area (TPSA) is 96.4 Å². The Hall–Kier alpha value is -2.74. The molecule has 0 atom stereocenters. The van der Waals surface area contributed by atoms with E-state index in [4.69, 9.17) is 0 Å². The number of benzene rings is 1. The summed E-state index contributed by atoms with van der Waals surface area (Å²) in [5.41, 5.74) is -7.88. The maximum atomic E-state index is 14.2. The Morgan fingerprint density at radius 3 is 2.15 bits per heavy atom. The number of carbonyl (C=O) groups excluding carboxylic acids is 1. The summed E-state index contributed by atoms with van der Waals surface area (Å²) in [6, 6.07) is 3.38. The summed E-state index contributed by atoms with van der Waals surface area (Å²) in [5, 5.41) is 11.4. The number of nitrogens with zero attached hydrogens (tertiary/aromatic N) is 1. The molecule has 14 heteroatoms. The van der Waals surface area contributed by atoms with Crippen LogP contribution in [-0.4, -0.2) is 42.5 Å². The zero-order valence-electron chi connectivity index (χ0n) is 17.0. The zero-order chi connectivity index (χ0) is 25.5. The van der Waals surface area contributed by atoms with Gasteiger partial charge in [-0.25, -0.2) is 12.8 Å². The molecule has 1 aromatic carbocycles. The zero-order valence-corrected chi connectivity index (χ0v) is 17.9. The standard InChI is InChI=1S/C20H17F7N2O4S/c21-16-7-13(4-6-15(16)18(31,19(22,23)24)20(25,26)27)29-17(30)8-12-3-5-14(9-28-12)34(32,33)10-11-1-2-11/h3-7,9,11,31H,1-2,8,10H2,(H,29,30). The van der Waals surface area contributed by atoms with Gasteiger partial charge < -0.3 is 10.4 Å². The Labute approximate surface area is 188 Å². The minimum atomic E-state index is -6.26. The van der Waals surface area contributed by atoms with E-state index in [1.54, 1.807) is 0 Å². The Bertz CT molecular complexity index is 1160. The van der Waals surface area contributed by atoms with Crippen LogP contribution in [0.4, 0.5) is 36.4 Å². The maximum absolute atomic E-state index is 14.2. The average Bonchev–Trinajstić information content (AvgIpc) is 3.49. The van der Waals surface area contributed by atoms with Crippen molar-refractivity contribution in [3.8, 4) is 0 Å². The number of alkyl halides is 6. The third kappa shape index (κ3) is 5.32. The number of aliphatic hydroxyl groups is 1. The van der Waals surface area contributed by atoms with E-state index < -0.39 is 57.2 Å². The van der Waals surface area contributed by atoms with Crippen molar-refractivity contribution in [1.29, 1.82) is 0 Å². The van der Waals surface area contributed by atoms with E-state index in [0.717, 1.165) is 19.0 Å². The van der Waals surface area contributed by atoms with Crippen molar-refractivity contribution in [2.75, 3.05) is 11.1 Å². The number of halogens is 7. The molecule has 0 aliphatic heterocycles. The lowest BCUT2D eigenvalue weighted by Crippen LogP contribution is -2.54. The summed E-state index contributed by atoms with van der Waals surface area (Å²) in [6.45, 7) is 0. The fourth-order valence-electron chi connectivity index (χ4n) is 3.11. The number of amides is 1. The van der Waals surface area contributed by atoms with Crippen LogP contribution in [-0.2, 0) is 26.7 Å². The van der Waals surface area contributed by atoms with Crippen molar-refractivity contribution < 1.29 is 49.1 Å². The van der Waals surface area contributed by atoms with E-state index in [-0.39, 0.29) is 34.4 Å². The van der Waals surface area contributed by atoms with Crippen LogP contribution < -0.4 is 5.32 Å². The van der Waals surface area contributed by atoms with Crippen LogP contribution in [0.5, 0.6) is 0 Å². The number of sulfone groups is 1. The van der Waals surface area contributed by atoms with Gasteiger partial charge in [-0.15, -0.1) is 0 Å². The Balaban J connectivity index is 1.71. The lowest BCUT2D eigenvalue weighted by atomic mass is 9.91. The van der Waals surface area contributed by atoms with Gasteiger partial charge in [-0.1, -0.05) is 6.07 Å². The molecule has 0 bridgehead atoms. The number of hydrogen-bond donors (Lipinski definition) is 2. The van der Waals surface area contributed by atoms with E-state index in [1.165, 1.54) is 12.1 Å². The first-order valence-electron chi connectivity index (χ1n) is 9.68. The van der Waals surface area contributed by atoms with Gasteiger partial charge in [-0.05, 0) is 43.0 Å². The molecular formula is C20H17F7N2O4S. The van der Waals surface area contributed by atoms with Gasteiger partial charge in [0.1, 0.15) is 5.82 Å². The van der Waals surface area contributed by atoms with Crippen LogP contribution in [0.3, 0.4) is 0 Å². The molecule has 1 aromatic heterocycles. The molecule has 0 unspecified atom stereocenters. The van der Waals surface area contributed by atoms with E-state index in [1.807, 2.05) is 0 Å². The number of carbonyl (C=O) groups is 1. The molecule has 1 aliphatic rings. The van der Waals surface area contributed by atoms with Crippen LogP contribution >= 0.6 is 0 Å². The van der Waals surface area contributed by atoms with Gasteiger partial charge in [0.15, 0.2) is 9.84 Å². The summed E-state index contributed by atoms with van der Waals surface area (Å²) in [5.74, 6) is -2.78. The molecule has 34 heavy (non-hydrogen) atoms. The molecule has 0 spiro atoms. The van der Waals surface area contributed by atoms with Gasteiger partial charge in [0, 0.05) is 23.1 Å². The van der Waals surface area contributed by atoms with Gasteiger partial charge in [-0.3, -0.25) is 9.78 Å². The first-order chi connectivity index (χ1) is 15.5. The highest BCUT2D eigenvalue weighted by Crippen LogP contribution is 2.50. The predicted molar refractivity (Wildman–Crippen MR) is 104 cm³/mol. The SMILES string of the molecule is O=C(Cc1ccc(S(=O)(=O)CC2CC2)cn1)Nc1ccc(C(O)(C(F)(F)F)C(F)(F)F)c(F)c1. The maximum Gasteiger partial charge on any atom is 0.430 e. The first kappa shape index (κ1) is 25.9. The normalized spacial score (nSPS) is 15.3. The average molecular weight is 514 g/mol. The molecule has 0 radical (unpaired) electrons.